The molecule has 0 saturated carbocycles. The van der Waals surface area contributed by atoms with E-state index >= 15 is 0 Å². The van der Waals surface area contributed by atoms with Gasteiger partial charge in [-0.1, -0.05) is 0 Å². The molecule has 1 heterocycles. The molecule has 252 valence electrons. The van der Waals surface area contributed by atoms with Gasteiger partial charge in [0, 0.05) is 0 Å². The number of aromatic nitrogens is 2. The smallest absolute Gasteiger partial charge is 0.344 e. The van der Waals surface area contributed by atoms with Gasteiger partial charge in [-0.15, -0.1) is 0 Å². The molecule has 3 aromatic rings. The average Bonchev–Trinajstić information content (AvgIpc) is 2.86. The fourth-order valence-corrected chi connectivity index (χ4v) is 21.8. The molecule has 0 bridgehead atoms. The largest absolute Gasteiger partial charge is 0.344 e. The van der Waals surface area contributed by atoms with E-state index in [0.717, 1.165) is 25.3 Å². The van der Waals surface area contributed by atoms with Crippen LogP contribution >= 0.6 is 15.6 Å². The zero-order valence-electron chi connectivity index (χ0n) is 25.8. The maximum atomic E-state index is 13.4. The first-order chi connectivity index (χ1) is 18.8. The van der Waals surface area contributed by atoms with Crippen LogP contribution in [0.25, 0.3) is 22.3 Å². The van der Waals surface area contributed by atoms with E-state index in [9.17, 15) is 23.7 Å². The van der Waals surface area contributed by atoms with Crippen molar-refractivity contribution >= 4 is 48.5 Å². The van der Waals surface area contributed by atoms with Crippen molar-refractivity contribution in [3.8, 4) is 22.9 Å². The summed E-state index contributed by atoms with van der Waals surface area (Å²) in [7, 11) is -10.0. The molecule has 44 heavy (non-hydrogen) atoms. The van der Waals surface area contributed by atoms with Crippen LogP contribution in [0.3, 0.4) is 0 Å². The fourth-order valence-electron chi connectivity index (χ4n) is 5.05. The molecule has 18 heteroatoms. The van der Waals surface area contributed by atoms with E-state index in [1.54, 1.807) is 0 Å². The second-order valence-corrected chi connectivity index (χ2v) is 25.6. The minimum Gasteiger partial charge on any atom is -0.344 e. The molecule has 0 aliphatic heterocycles. The van der Waals surface area contributed by atoms with Gasteiger partial charge in [-0.3, -0.25) is 9.79 Å². The maximum Gasteiger partial charge on any atom is -0.344 e. The Balaban J connectivity index is 0. The van der Waals surface area contributed by atoms with Gasteiger partial charge in [0.1, 0.15) is 0 Å². The molecule has 3 rings (SSSR count). The predicted octanol–water partition coefficient (Wildman–Crippen LogP) is 6.24. The second kappa shape index (κ2) is 18.9. The number of benzene rings is 2. The number of hydrogen-bond acceptors (Lipinski definition) is 10. The summed E-state index contributed by atoms with van der Waals surface area (Å²) in [5, 5.41) is 0.450. The minimum atomic E-state index is -5.08. The van der Waals surface area contributed by atoms with Crippen LogP contribution in [0, 0.1) is 0 Å². The van der Waals surface area contributed by atoms with Gasteiger partial charge >= 0.3 is 224 Å². The van der Waals surface area contributed by atoms with Crippen LogP contribution in [0.2, 0.25) is 13.3 Å². The second-order valence-electron chi connectivity index (χ2n) is 10.1. The third-order valence-corrected chi connectivity index (χ3v) is 23.5. The molecule has 0 aliphatic carbocycles. The molecule has 0 amide bonds. The molecule has 0 unspecified atom stereocenters. The number of fused-ring (bicyclic) bond motifs is 1. The summed E-state index contributed by atoms with van der Waals surface area (Å²) < 4.78 is 37.2. The Morgan fingerprint density at radius 2 is 1.30 bits per heavy atom. The van der Waals surface area contributed by atoms with Crippen molar-refractivity contribution in [1.29, 1.82) is 0 Å². The summed E-state index contributed by atoms with van der Waals surface area (Å²) in [4.78, 5) is 57.6. The fraction of sp³-hybridized carbons (Fsp3) is 0.462. The first-order valence-corrected chi connectivity index (χ1v) is 24.0. The summed E-state index contributed by atoms with van der Waals surface area (Å²) in [5.41, 5.74) is 0.0230. The summed E-state index contributed by atoms with van der Waals surface area (Å²) in [5.74, 6) is -0.871. The van der Waals surface area contributed by atoms with Gasteiger partial charge in [0.05, 0.1) is 0 Å². The van der Waals surface area contributed by atoms with Gasteiger partial charge in [-0.05, 0) is 0 Å². The van der Waals surface area contributed by atoms with Crippen LogP contribution < -0.4 is 42.8 Å². The quantitative estimate of drug-likeness (QED) is 0.0610. The maximum absolute atomic E-state index is 13.4. The molecular weight excluding hydrogens is 721 g/mol. The first kappa shape index (κ1) is 44.2. The van der Waals surface area contributed by atoms with Crippen molar-refractivity contribution in [2.75, 3.05) is 0 Å². The summed E-state index contributed by atoms with van der Waals surface area (Å²) in [6, 6.07) is 9.29. The van der Waals surface area contributed by atoms with Crippen molar-refractivity contribution in [2.24, 2.45) is 0 Å². The summed E-state index contributed by atoms with van der Waals surface area (Å²) in [6.45, 7) is 6.63. The Morgan fingerprint density at radius 1 is 0.773 bits per heavy atom. The number of phosphoric acid groups is 2. The SMILES string of the molecule is CCC[CH2][Sn]([CH2]CCC)([CH2]CCC)[c]1ccc2nc(-c3ccc(OP(=O)(O)O)cc3OP(=O)(O)O)[nH]c(=O)c2c1.N.N.N.N. The molecule has 0 radical (unpaired) electrons. The zero-order valence-corrected chi connectivity index (χ0v) is 30.5. The number of hydrogen-bond donors (Lipinski definition) is 9. The van der Waals surface area contributed by atoms with Crippen molar-refractivity contribution in [3.05, 3.63) is 46.8 Å². The van der Waals surface area contributed by atoms with Crippen LogP contribution in [0.1, 0.15) is 59.3 Å². The Bertz CT molecular complexity index is 1460. The molecule has 0 aliphatic rings. The molecule has 0 spiro atoms. The van der Waals surface area contributed by atoms with Crippen LogP contribution in [-0.2, 0) is 9.13 Å². The Morgan fingerprint density at radius 3 is 1.77 bits per heavy atom. The van der Waals surface area contributed by atoms with E-state index in [1.165, 1.54) is 48.3 Å². The van der Waals surface area contributed by atoms with E-state index < -0.39 is 45.3 Å². The van der Waals surface area contributed by atoms with E-state index in [2.05, 4.69) is 41.3 Å². The van der Waals surface area contributed by atoms with E-state index in [0.29, 0.717) is 10.9 Å². The molecular formula is C26H50N6O9P2Sn. The normalized spacial score (nSPS) is 11.4. The Labute approximate surface area is 262 Å². The minimum absolute atomic E-state index is 0. The van der Waals surface area contributed by atoms with Crippen molar-refractivity contribution in [2.45, 2.75) is 72.6 Å². The molecule has 2 aromatic carbocycles. The standard InChI is InChI=1S/C14H11N2O9P2.3C4H9.4H3N.Sn/c17-14-9-3-1-2-4-11(9)15-13(16-14)10-6-5-8(24-26(18,19)20)7-12(10)25-27(21,22)23;3*1-3-4-2;;;;;/h2-7H,(H,15,16,17)(H2,18,19,20)(H2,21,22,23);3*1,3-4H2,2H3;4*1H3;. The number of unbranched alkanes of at least 4 members (excludes halogenated alkanes) is 3. The number of phosphoric ester groups is 2. The first-order valence-electron chi connectivity index (χ1n) is 13.5. The van der Waals surface area contributed by atoms with Gasteiger partial charge < -0.3 is 24.6 Å². The monoisotopic (exact) mass is 772 g/mol. The number of rotatable bonds is 15. The topological polar surface area (TPSA) is 319 Å². The third kappa shape index (κ3) is 12.1. The van der Waals surface area contributed by atoms with Crippen molar-refractivity contribution < 1.29 is 37.8 Å². The molecule has 0 fully saturated rings. The molecule has 17 N–H and O–H groups in total. The van der Waals surface area contributed by atoms with Crippen LogP contribution in [-0.4, -0.2) is 47.9 Å². The van der Waals surface area contributed by atoms with E-state index in [1.807, 2.05) is 12.1 Å². The zero-order chi connectivity index (χ0) is 29.6. The van der Waals surface area contributed by atoms with E-state index in [-0.39, 0.29) is 41.7 Å². The Hall–Kier alpha value is -1.88. The molecule has 1 aromatic heterocycles. The van der Waals surface area contributed by atoms with Crippen molar-refractivity contribution in [3.63, 3.8) is 0 Å². The van der Waals surface area contributed by atoms with Gasteiger partial charge in [0.15, 0.2) is 0 Å². The Kier molecular flexibility index (Phi) is 19.0. The van der Waals surface area contributed by atoms with Crippen molar-refractivity contribution in [1.82, 2.24) is 34.6 Å². The van der Waals surface area contributed by atoms with Crippen LogP contribution in [0.4, 0.5) is 0 Å². The number of aromatic amines is 1. The molecule has 0 saturated heterocycles. The number of H-pyrrole nitrogens is 1. The van der Waals surface area contributed by atoms with Gasteiger partial charge in [0.25, 0.3) is 0 Å². The summed E-state index contributed by atoms with van der Waals surface area (Å²) >= 11 is -2.82. The molecule has 0 atom stereocenters. The van der Waals surface area contributed by atoms with Gasteiger partial charge in [-0.2, -0.15) is 0 Å². The number of nitrogens with zero attached hydrogens (tertiary/aromatic N) is 1. The molecule has 15 nitrogen and oxygen atoms in total. The third-order valence-electron chi connectivity index (χ3n) is 6.99. The van der Waals surface area contributed by atoms with Crippen LogP contribution in [0.15, 0.2) is 41.2 Å². The van der Waals surface area contributed by atoms with Gasteiger partial charge in [0.2, 0.25) is 0 Å². The average molecular weight is 771 g/mol. The van der Waals surface area contributed by atoms with Gasteiger partial charge in [-0.25, -0.2) is 4.57 Å². The predicted molar refractivity (Wildman–Crippen MR) is 178 cm³/mol. The van der Waals surface area contributed by atoms with E-state index in [4.69, 9.17) is 14.3 Å². The summed E-state index contributed by atoms with van der Waals surface area (Å²) in [6.07, 6.45) is 6.94. The number of nitrogens with one attached hydrogen (secondary N) is 1. The van der Waals surface area contributed by atoms with Crippen LogP contribution in [0.5, 0.6) is 11.5 Å².